The summed E-state index contributed by atoms with van der Waals surface area (Å²) in [6, 6.07) is 14.2. The molecular weight excluding hydrogens is 346 g/mol. The molecule has 21 heavy (non-hydrogen) atoms. The Hall–Kier alpha value is -1.26. The summed E-state index contributed by atoms with van der Waals surface area (Å²) >= 11 is 7.76. The van der Waals surface area contributed by atoms with E-state index in [0.717, 1.165) is 23.7 Å². The van der Waals surface area contributed by atoms with Gasteiger partial charge >= 0.3 is 0 Å². The molecule has 0 saturated heterocycles. The third kappa shape index (κ3) is 3.33. The van der Waals surface area contributed by atoms with Crippen LogP contribution in [0.25, 0.3) is 0 Å². The Morgan fingerprint density at radius 1 is 1.19 bits per heavy atom. The molecule has 1 aliphatic rings. The third-order valence-electron chi connectivity index (χ3n) is 3.89. The molecule has 0 heterocycles. The van der Waals surface area contributed by atoms with Crippen LogP contribution in [0.15, 0.2) is 51.8 Å². The summed E-state index contributed by atoms with van der Waals surface area (Å²) in [5, 5.41) is 3.13. The SMILES string of the molecule is O=C(NC1CCc2ccccc2C1)c1ccc(Br)cc1S. The molecule has 1 amide bonds. The van der Waals surface area contributed by atoms with Crippen LogP contribution in [0.5, 0.6) is 0 Å². The molecule has 2 nitrogen and oxygen atoms in total. The predicted octanol–water partition coefficient (Wildman–Crippen LogP) is 4.03. The molecule has 0 bridgehead atoms. The molecule has 108 valence electrons. The number of aryl methyl sites for hydroxylation is 1. The maximum Gasteiger partial charge on any atom is 0.252 e. The van der Waals surface area contributed by atoms with Gasteiger partial charge in [-0.25, -0.2) is 0 Å². The Balaban J connectivity index is 1.71. The van der Waals surface area contributed by atoms with E-state index >= 15 is 0 Å². The topological polar surface area (TPSA) is 29.1 Å². The largest absolute Gasteiger partial charge is 0.349 e. The first-order valence-electron chi connectivity index (χ1n) is 6.99. The summed E-state index contributed by atoms with van der Waals surface area (Å²) in [6.07, 6.45) is 2.91. The highest BCUT2D eigenvalue weighted by atomic mass is 79.9. The zero-order chi connectivity index (χ0) is 14.8. The van der Waals surface area contributed by atoms with Crippen LogP contribution in [0.1, 0.15) is 27.9 Å². The molecule has 0 aliphatic heterocycles. The Bertz CT molecular complexity index is 686. The number of thiol groups is 1. The van der Waals surface area contributed by atoms with Crippen molar-refractivity contribution < 1.29 is 4.79 Å². The maximum absolute atomic E-state index is 12.4. The van der Waals surface area contributed by atoms with E-state index in [0.29, 0.717) is 10.5 Å². The first-order chi connectivity index (χ1) is 10.1. The molecule has 4 heteroatoms. The van der Waals surface area contributed by atoms with E-state index in [1.165, 1.54) is 11.1 Å². The molecule has 1 unspecified atom stereocenters. The fraction of sp³-hybridized carbons (Fsp3) is 0.235. The van der Waals surface area contributed by atoms with Crippen molar-refractivity contribution in [2.75, 3.05) is 0 Å². The first kappa shape index (κ1) is 14.7. The van der Waals surface area contributed by atoms with Gasteiger partial charge in [-0.1, -0.05) is 40.2 Å². The van der Waals surface area contributed by atoms with Gasteiger partial charge in [-0.2, -0.15) is 0 Å². The molecule has 1 atom stereocenters. The van der Waals surface area contributed by atoms with E-state index in [2.05, 4.69) is 58.1 Å². The molecule has 1 N–H and O–H groups in total. The lowest BCUT2D eigenvalue weighted by Crippen LogP contribution is -2.39. The number of fused-ring (bicyclic) bond motifs is 1. The van der Waals surface area contributed by atoms with Crippen molar-refractivity contribution in [3.05, 3.63) is 63.6 Å². The summed E-state index contributed by atoms with van der Waals surface area (Å²) in [6.45, 7) is 0. The van der Waals surface area contributed by atoms with E-state index in [1.807, 2.05) is 12.1 Å². The lowest BCUT2D eigenvalue weighted by Gasteiger charge is -2.25. The van der Waals surface area contributed by atoms with Crippen molar-refractivity contribution in [1.82, 2.24) is 5.32 Å². The summed E-state index contributed by atoms with van der Waals surface area (Å²) in [5.74, 6) is -0.0446. The lowest BCUT2D eigenvalue weighted by molar-refractivity contribution is 0.0930. The van der Waals surface area contributed by atoms with Gasteiger partial charge in [0.2, 0.25) is 0 Å². The quantitative estimate of drug-likeness (QED) is 0.777. The van der Waals surface area contributed by atoms with Gasteiger partial charge in [0.1, 0.15) is 0 Å². The Labute approximate surface area is 138 Å². The van der Waals surface area contributed by atoms with Gasteiger partial charge < -0.3 is 5.32 Å². The molecule has 2 aromatic carbocycles. The number of halogens is 1. The number of carbonyl (C=O) groups is 1. The smallest absolute Gasteiger partial charge is 0.252 e. The fourth-order valence-corrected chi connectivity index (χ4v) is 3.63. The number of carbonyl (C=O) groups excluding carboxylic acids is 1. The zero-order valence-electron chi connectivity index (χ0n) is 11.5. The van der Waals surface area contributed by atoms with Gasteiger partial charge in [0.15, 0.2) is 0 Å². The molecule has 0 radical (unpaired) electrons. The average molecular weight is 362 g/mol. The van der Waals surface area contributed by atoms with Gasteiger partial charge in [0, 0.05) is 15.4 Å². The van der Waals surface area contributed by atoms with Gasteiger partial charge in [-0.15, -0.1) is 12.6 Å². The van der Waals surface area contributed by atoms with Gasteiger partial charge in [-0.3, -0.25) is 4.79 Å². The van der Waals surface area contributed by atoms with Crippen molar-refractivity contribution in [1.29, 1.82) is 0 Å². The highest BCUT2D eigenvalue weighted by Crippen LogP contribution is 2.23. The summed E-state index contributed by atoms with van der Waals surface area (Å²) in [7, 11) is 0. The van der Waals surface area contributed by atoms with Crippen LogP contribution in [0.2, 0.25) is 0 Å². The Morgan fingerprint density at radius 2 is 1.95 bits per heavy atom. The molecule has 2 aromatic rings. The molecule has 3 rings (SSSR count). The number of benzene rings is 2. The maximum atomic E-state index is 12.4. The van der Waals surface area contributed by atoms with Gasteiger partial charge in [-0.05, 0) is 48.6 Å². The van der Waals surface area contributed by atoms with Crippen molar-refractivity contribution in [3.63, 3.8) is 0 Å². The highest BCUT2D eigenvalue weighted by Gasteiger charge is 2.21. The Kier molecular flexibility index (Phi) is 4.36. The lowest BCUT2D eigenvalue weighted by atomic mass is 9.88. The average Bonchev–Trinajstić information content (AvgIpc) is 2.47. The number of hydrogen-bond acceptors (Lipinski definition) is 2. The van der Waals surface area contributed by atoms with Crippen LogP contribution in [0.3, 0.4) is 0 Å². The number of amides is 1. The Morgan fingerprint density at radius 3 is 2.71 bits per heavy atom. The molecule has 0 saturated carbocycles. The minimum Gasteiger partial charge on any atom is -0.349 e. The van der Waals surface area contributed by atoms with E-state index in [1.54, 1.807) is 6.07 Å². The second-order valence-corrected chi connectivity index (χ2v) is 6.74. The van der Waals surface area contributed by atoms with Crippen LogP contribution in [-0.2, 0) is 12.8 Å². The van der Waals surface area contributed by atoms with Crippen molar-refractivity contribution in [2.24, 2.45) is 0 Å². The second-order valence-electron chi connectivity index (χ2n) is 5.34. The summed E-state index contributed by atoms with van der Waals surface area (Å²) < 4.78 is 0.927. The normalized spacial score (nSPS) is 17.1. The number of nitrogens with one attached hydrogen (secondary N) is 1. The standard InChI is InChI=1S/C17H16BrNOS/c18-13-6-8-15(16(21)10-13)17(20)19-14-7-5-11-3-1-2-4-12(11)9-14/h1-4,6,8,10,14,21H,5,7,9H2,(H,19,20). The molecule has 0 spiro atoms. The number of hydrogen-bond donors (Lipinski definition) is 2. The number of rotatable bonds is 2. The third-order valence-corrected chi connectivity index (χ3v) is 4.75. The van der Waals surface area contributed by atoms with Gasteiger partial charge in [0.25, 0.3) is 5.91 Å². The molecular formula is C17H16BrNOS. The van der Waals surface area contributed by atoms with Crippen molar-refractivity contribution in [3.8, 4) is 0 Å². The van der Waals surface area contributed by atoms with Crippen LogP contribution in [0, 0.1) is 0 Å². The minimum atomic E-state index is -0.0446. The van der Waals surface area contributed by atoms with Crippen molar-refractivity contribution >= 4 is 34.5 Å². The van der Waals surface area contributed by atoms with E-state index in [4.69, 9.17) is 0 Å². The molecule has 0 aromatic heterocycles. The summed E-state index contributed by atoms with van der Waals surface area (Å²) in [5.41, 5.74) is 3.37. The van der Waals surface area contributed by atoms with Gasteiger partial charge in [0.05, 0.1) is 5.56 Å². The highest BCUT2D eigenvalue weighted by molar-refractivity contribution is 9.10. The minimum absolute atomic E-state index is 0.0446. The fourth-order valence-electron chi connectivity index (χ4n) is 2.78. The van der Waals surface area contributed by atoms with E-state index in [-0.39, 0.29) is 11.9 Å². The van der Waals surface area contributed by atoms with Crippen molar-refractivity contribution in [2.45, 2.75) is 30.2 Å². The predicted molar refractivity (Wildman–Crippen MR) is 91.1 cm³/mol. The van der Waals surface area contributed by atoms with Crippen LogP contribution >= 0.6 is 28.6 Å². The monoisotopic (exact) mass is 361 g/mol. The molecule has 1 aliphatic carbocycles. The van der Waals surface area contributed by atoms with E-state index in [9.17, 15) is 4.79 Å². The van der Waals surface area contributed by atoms with Crippen LogP contribution in [0.4, 0.5) is 0 Å². The second kappa shape index (κ2) is 6.24. The summed E-state index contributed by atoms with van der Waals surface area (Å²) in [4.78, 5) is 13.1. The zero-order valence-corrected chi connectivity index (χ0v) is 14.0. The van der Waals surface area contributed by atoms with Crippen LogP contribution < -0.4 is 5.32 Å². The van der Waals surface area contributed by atoms with E-state index < -0.39 is 0 Å². The first-order valence-corrected chi connectivity index (χ1v) is 8.23. The molecule has 0 fully saturated rings. The van der Waals surface area contributed by atoms with Crippen LogP contribution in [-0.4, -0.2) is 11.9 Å².